The second-order valence-corrected chi connectivity index (χ2v) is 6.48. The highest BCUT2D eigenvalue weighted by Crippen LogP contribution is 2.24. The lowest BCUT2D eigenvalue weighted by Gasteiger charge is -2.16. The number of hydrogen-bond donors (Lipinski definition) is 1. The number of nitrogens with one attached hydrogen (secondary N) is 1. The summed E-state index contributed by atoms with van der Waals surface area (Å²) < 4.78 is 0. The molecule has 2 amide bonds. The minimum atomic E-state index is -0.170. The summed E-state index contributed by atoms with van der Waals surface area (Å²) in [6.45, 7) is 2.64. The first-order valence-electron chi connectivity index (χ1n) is 8.70. The Morgan fingerprint density at radius 1 is 1.12 bits per heavy atom. The van der Waals surface area contributed by atoms with Crippen molar-refractivity contribution < 1.29 is 9.59 Å². The van der Waals surface area contributed by atoms with Crippen molar-refractivity contribution in [1.29, 1.82) is 0 Å². The molecule has 0 saturated carbocycles. The maximum Gasteiger partial charge on any atom is 0.256 e. The lowest BCUT2D eigenvalue weighted by atomic mass is 10.1. The number of rotatable bonds is 3. The molecule has 5 heteroatoms. The Morgan fingerprint density at radius 3 is 2.62 bits per heavy atom. The Morgan fingerprint density at radius 2 is 1.88 bits per heavy atom. The Labute approximate surface area is 151 Å². The van der Waals surface area contributed by atoms with Crippen LogP contribution in [0.15, 0.2) is 54.6 Å². The highest BCUT2D eigenvalue weighted by atomic mass is 16.2. The van der Waals surface area contributed by atoms with E-state index in [1.807, 2.05) is 55.5 Å². The van der Waals surface area contributed by atoms with Crippen LogP contribution >= 0.6 is 0 Å². The number of carbonyl (C=O) groups excluding carboxylic acids is 2. The molecule has 2 heterocycles. The van der Waals surface area contributed by atoms with Gasteiger partial charge in [-0.15, -0.1) is 0 Å². The molecule has 4 rings (SSSR count). The minimum Gasteiger partial charge on any atom is -0.322 e. The summed E-state index contributed by atoms with van der Waals surface area (Å²) in [6.07, 6.45) is 1.50. The van der Waals surface area contributed by atoms with Gasteiger partial charge in [0.2, 0.25) is 5.91 Å². The molecular weight excluding hydrogens is 326 g/mol. The van der Waals surface area contributed by atoms with E-state index in [4.69, 9.17) is 0 Å². The van der Waals surface area contributed by atoms with Gasteiger partial charge >= 0.3 is 0 Å². The van der Waals surface area contributed by atoms with Crippen LogP contribution in [0.25, 0.3) is 10.9 Å². The summed E-state index contributed by atoms with van der Waals surface area (Å²) in [5.41, 5.74) is 3.78. The number of hydrogen-bond acceptors (Lipinski definition) is 3. The topological polar surface area (TPSA) is 62.3 Å². The van der Waals surface area contributed by atoms with Crippen molar-refractivity contribution in [2.24, 2.45) is 0 Å². The second-order valence-electron chi connectivity index (χ2n) is 6.48. The fourth-order valence-corrected chi connectivity index (χ4v) is 3.34. The van der Waals surface area contributed by atoms with Crippen LogP contribution in [0.1, 0.15) is 28.9 Å². The van der Waals surface area contributed by atoms with E-state index in [0.29, 0.717) is 17.7 Å². The number of anilines is 2. The van der Waals surface area contributed by atoms with Gasteiger partial charge in [-0.2, -0.15) is 0 Å². The number of para-hydroxylation sites is 1. The third kappa shape index (κ3) is 3.04. The van der Waals surface area contributed by atoms with Crippen LogP contribution in [0, 0.1) is 6.92 Å². The number of aromatic nitrogens is 1. The van der Waals surface area contributed by atoms with Gasteiger partial charge in [0.1, 0.15) is 0 Å². The zero-order chi connectivity index (χ0) is 18.1. The van der Waals surface area contributed by atoms with Gasteiger partial charge < -0.3 is 10.2 Å². The molecule has 130 valence electrons. The summed E-state index contributed by atoms with van der Waals surface area (Å²) >= 11 is 0. The summed E-state index contributed by atoms with van der Waals surface area (Å²) in [4.78, 5) is 30.9. The largest absolute Gasteiger partial charge is 0.322 e. The van der Waals surface area contributed by atoms with Crippen molar-refractivity contribution in [3.05, 3.63) is 65.9 Å². The van der Waals surface area contributed by atoms with Gasteiger partial charge in [0.15, 0.2) is 0 Å². The molecule has 1 aromatic heterocycles. The maximum absolute atomic E-state index is 12.8. The molecule has 0 unspecified atom stereocenters. The van der Waals surface area contributed by atoms with Crippen LogP contribution in [0.4, 0.5) is 11.4 Å². The number of carbonyl (C=O) groups is 2. The van der Waals surface area contributed by atoms with Crippen molar-refractivity contribution in [3.63, 3.8) is 0 Å². The van der Waals surface area contributed by atoms with Crippen LogP contribution in [0.3, 0.4) is 0 Å². The highest BCUT2D eigenvalue weighted by Gasteiger charge is 2.21. The molecule has 2 aromatic carbocycles. The molecule has 1 N–H and O–H groups in total. The first kappa shape index (κ1) is 16.3. The fraction of sp³-hybridized carbons (Fsp3) is 0.190. The molecule has 0 spiro atoms. The van der Waals surface area contributed by atoms with E-state index in [9.17, 15) is 9.59 Å². The quantitative estimate of drug-likeness (QED) is 0.782. The predicted molar refractivity (Wildman–Crippen MR) is 102 cm³/mol. The zero-order valence-corrected chi connectivity index (χ0v) is 14.5. The fourth-order valence-electron chi connectivity index (χ4n) is 3.34. The van der Waals surface area contributed by atoms with E-state index in [1.165, 1.54) is 0 Å². The van der Waals surface area contributed by atoms with Crippen molar-refractivity contribution in [1.82, 2.24) is 4.98 Å². The Bertz CT molecular complexity index is 996. The van der Waals surface area contributed by atoms with Crippen LogP contribution in [-0.2, 0) is 4.79 Å². The van der Waals surface area contributed by atoms with Gasteiger partial charge in [-0.3, -0.25) is 14.6 Å². The average Bonchev–Trinajstić information content (AvgIpc) is 3.07. The third-order valence-corrected chi connectivity index (χ3v) is 4.60. The molecule has 0 atom stereocenters. The summed E-state index contributed by atoms with van der Waals surface area (Å²) in [7, 11) is 0. The van der Waals surface area contributed by atoms with E-state index in [1.54, 1.807) is 11.0 Å². The van der Waals surface area contributed by atoms with Crippen LogP contribution in [0.2, 0.25) is 0 Å². The van der Waals surface area contributed by atoms with Gasteiger partial charge in [-0.25, -0.2) is 0 Å². The SMILES string of the molecule is Cc1cc(C(=O)Nc2ccc(N3CCCC3=O)cc2)c2ccccc2n1. The number of benzene rings is 2. The second kappa shape index (κ2) is 6.59. The normalized spacial score (nSPS) is 14.0. The van der Waals surface area contributed by atoms with Crippen molar-refractivity contribution in [2.45, 2.75) is 19.8 Å². The number of aryl methyl sites for hydroxylation is 1. The number of nitrogens with zero attached hydrogens (tertiary/aromatic N) is 2. The number of amides is 2. The van der Waals surface area contributed by atoms with E-state index in [-0.39, 0.29) is 11.8 Å². The first-order chi connectivity index (χ1) is 12.6. The van der Waals surface area contributed by atoms with Crippen LogP contribution < -0.4 is 10.2 Å². The first-order valence-corrected chi connectivity index (χ1v) is 8.70. The van der Waals surface area contributed by atoms with Crippen molar-refractivity contribution in [2.75, 3.05) is 16.8 Å². The molecule has 0 aliphatic carbocycles. The molecule has 0 bridgehead atoms. The van der Waals surface area contributed by atoms with Crippen LogP contribution in [-0.4, -0.2) is 23.3 Å². The highest BCUT2D eigenvalue weighted by molar-refractivity contribution is 6.12. The predicted octanol–water partition coefficient (Wildman–Crippen LogP) is 3.92. The molecule has 5 nitrogen and oxygen atoms in total. The van der Waals surface area contributed by atoms with Gasteiger partial charge in [-0.05, 0) is 49.7 Å². The third-order valence-electron chi connectivity index (χ3n) is 4.60. The minimum absolute atomic E-state index is 0.153. The molecule has 1 aliphatic heterocycles. The van der Waals surface area contributed by atoms with E-state index < -0.39 is 0 Å². The Kier molecular flexibility index (Phi) is 4.13. The van der Waals surface area contributed by atoms with Gasteiger partial charge in [0, 0.05) is 35.4 Å². The lowest BCUT2D eigenvalue weighted by molar-refractivity contribution is -0.117. The molecule has 1 saturated heterocycles. The zero-order valence-electron chi connectivity index (χ0n) is 14.5. The van der Waals surface area contributed by atoms with Crippen molar-refractivity contribution >= 4 is 34.1 Å². The summed E-state index contributed by atoms with van der Waals surface area (Å²) in [5.74, 6) is -0.0165. The molecule has 26 heavy (non-hydrogen) atoms. The van der Waals surface area contributed by atoms with Crippen molar-refractivity contribution in [3.8, 4) is 0 Å². The Hall–Kier alpha value is -3.21. The number of pyridine rings is 1. The van der Waals surface area contributed by atoms with E-state index >= 15 is 0 Å². The molecule has 1 fully saturated rings. The van der Waals surface area contributed by atoms with E-state index in [0.717, 1.165) is 35.2 Å². The maximum atomic E-state index is 12.8. The summed E-state index contributed by atoms with van der Waals surface area (Å²) in [6, 6.07) is 16.8. The van der Waals surface area contributed by atoms with Gasteiger partial charge in [0.05, 0.1) is 11.1 Å². The summed E-state index contributed by atoms with van der Waals surface area (Å²) in [5, 5.41) is 3.77. The molecule has 1 aliphatic rings. The number of fused-ring (bicyclic) bond motifs is 1. The van der Waals surface area contributed by atoms with Gasteiger partial charge in [0.25, 0.3) is 5.91 Å². The Balaban J connectivity index is 1.58. The van der Waals surface area contributed by atoms with Crippen LogP contribution in [0.5, 0.6) is 0 Å². The average molecular weight is 345 g/mol. The smallest absolute Gasteiger partial charge is 0.256 e. The monoisotopic (exact) mass is 345 g/mol. The molecule has 0 radical (unpaired) electrons. The lowest BCUT2D eigenvalue weighted by Crippen LogP contribution is -2.23. The standard InChI is InChI=1S/C21H19N3O2/c1-14-13-18(17-5-2-3-6-19(17)22-14)21(26)23-15-8-10-16(11-9-15)24-12-4-7-20(24)25/h2-3,5-6,8-11,13H,4,7,12H2,1H3,(H,23,26). The molecular formula is C21H19N3O2. The molecule has 3 aromatic rings. The van der Waals surface area contributed by atoms with E-state index in [2.05, 4.69) is 10.3 Å². The van der Waals surface area contributed by atoms with Gasteiger partial charge in [-0.1, -0.05) is 18.2 Å².